The fourth-order valence-electron chi connectivity index (χ4n) is 2.86. The predicted octanol–water partition coefficient (Wildman–Crippen LogP) is 2.85. The van der Waals surface area contributed by atoms with Crippen LogP contribution in [-0.4, -0.2) is 24.3 Å². The molecular weight excluding hydrogens is 376 g/mol. The molecule has 0 aliphatic carbocycles. The lowest BCUT2D eigenvalue weighted by molar-refractivity contribution is 0.0946. The van der Waals surface area contributed by atoms with Crippen LogP contribution in [0.15, 0.2) is 84.0 Å². The number of carbonyl (C=O) groups is 1. The van der Waals surface area contributed by atoms with E-state index in [4.69, 9.17) is 0 Å². The van der Waals surface area contributed by atoms with Crippen molar-refractivity contribution in [2.45, 2.75) is 4.90 Å². The van der Waals surface area contributed by atoms with Crippen LogP contribution in [0.3, 0.4) is 0 Å². The van der Waals surface area contributed by atoms with Gasteiger partial charge in [-0.15, -0.1) is 4.83 Å². The van der Waals surface area contributed by atoms with Crippen molar-refractivity contribution in [1.82, 2.24) is 20.2 Å². The summed E-state index contributed by atoms with van der Waals surface area (Å²) in [6.45, 7) is 0. The van der Waals surface area contributed by atoms with Gasteiger partial charge >= 0.3 is 0 Å². The van der Waals surface area contributed by atoms with E-state index in [0.717, 1.165) is 11.1 Å². The average Bonchev–Trinajstić information content (AvgIpc) is 3.21. The van der Waals surface area contributed by atoms with Gasteiger partial charge < -0.3 is 4.98 Å². The highest BCUT2D eigenvalue weighted by molar-refractivity contribution is 7.89. The topological polar surface area (TPSA) is 104 Å². The number of rotatable bonds is 5. The van der Waals surface area contributed by atoms with Crippen LogP contribution in [-0.2, 0) is 10.0 Å². The SMILES string of the molecule is O=C(NNS(=O)(=O)c1ccccc1)c1cc(-c2ccccc2)cc2[nH]cnc12. The molecule has 0 saturated carbocycles. The maximum atomic E-state index is 12.7. The highest BCUT2D eigenvalue weighted by Gasteiger charge is 2.18. The summed E-state index contributed by atoms with van der Waals surface area (Å²) in [7, 11) is -3.88. The minimum atomic E-state index is -3.88. The summed E-state index contributed by atoms with van der Waals surface area (Å²) in [6, 6.07) is 20.9. The molecular formula is C20H16N4O3S. The van der Waals surface area contributed by atoms with E-state index in [1.165, 1.54) is 18.5 Å². The number of carbonyl (C=O) groups excluding carboxylic acids is 1. The molecule has 0 bridgehead atoms. The van der Waals surface area contributed by atoms with Crippen LogP contribution in [0.2, 0.25) is 0 Å². The Balaban J connectivity index is 1.65. The molecule has 3 N–H and O–H groups in total. The zero-order valence-electron chi connectivity index (χ0n) is 14.6. The molecule has 0 spiro atoms. The van der Waals surface area contributed by atoms with Crippen LogP contribution in [0.5, 0.6) is 0 Å². The predicted molar refractivity (Wildman–Crippen MR) is 106 cm³/mol. The third-order valence-corrected chi connectivity index (χ3v) is 5.49. The Bertz CT molecular complexity index is 1240. The highest BCUT2D eigenvalue weighted by Crippen LogP contribution is 2.26. The lowest BCUT2D eigenvalue weighted by atomic mass is 10.0. The molecule has 4 rings (SSSR count). The number of amides is 1. The Morgan fingerprint density at radius 3 is 2.29 bits per heavy atom. The second kappa shape index (κ2) is 7.26. The van der Waals surface area contributed by atoms with Gasteiger partial charge in [0.05, 0.1) is 22.3 Å². The van der Waals surface area contributed by atoms with Crippen LogP contribution in [0.4, 0.5) is 0 Å². The molecule has 0 atom stereocenters. The van der Waals surface area contributed by atoms with Crippen LogP contribution < -0.4 is 10.3 Å². The molecule has 0 saturated heterocycles. The number of hydrazine groups is 1. The van der Waals surface area contributed by atoms with Gasteiger partial charge in [0.25, 0.3) is 15.9 Å². The van der Waals surface area contributed by atoms with Gasteiger partial charge in [0, 0.05) is 0 Å². The van der Waals surface area contributed by atoms with Crippen molar-refractivity contribution in [2.75, 3.05) is 0 Å². The first kappa shape index (κ1) is 17.9. The molecule has 1 heterocycles. The summed E-state index contributed by atoms with van der Waals surface area (Å²) in [4.78, 5) is 22.1. The molecule has 1 aromatic heterocycles. The number of hydrogen-bond donors (Lipinski definition) is 3. The first-order valence-corrected chi connectivity index (χ1v) is 9.93. The summed E-state index contributed by atoms with van der Waals surface area (Å²) >= 11 is 0. The summed E-state index contributed by atoms with van der Waals surface area (Å²) < 4.78 is 24.6. The van der Waals surface area contributed by atoms with E-state index in [0.29, 0.717) is 11.0 Å². The van der Waals surface area contributed by atoms with E-state index >= 15 is 0 Å². The lowest BCUT2D eigenvalue weighted by Crippen LogP contribution is -2.41. The molecule has 3 aromatic carbocycles. The fourth-order valence-corrected chi connectivity index (χ4v) is 3.72. The summed E-state index contributed by atoms with van der Waals surface area (Å²) in [5, 5.41) is 0. The van der Waals surface area contributed by atoms with Crippen molar-refractivity contribution in [1.29, 1.82) is 0 Å². The standard InChI is InChI=1S/C20H16N4O3S/c25-20(23-24-28(26,27)16-9-5-2-6-10-16)17-11-15(14-7-3-1-4-8-14)12-18-19(17)22-13-21-18/h1-13,24H,(H,21,22)(H,23,25). The number of aromatic nitrogens is 2. The van der Waals surface area contributed by atoms with Crippen molar-refractivity contribution < 1.29 is 13.2 Å². The van der Waals surface area contributed by atoms with Crippen LogP contribution in [0, 0.1) is 0 Å². The molecule has 4 aromatic rings. The number of H-pyrrole nitrogens is 1. The Hall–Kier alpha value is -3.49. The normalized spacial score (nSPS) is 11.4. The number of hydrogen-bond acceptors (Lipinski definition) is 4. The molecule has 0 radical (unpaired) electrons. The van der Waals surface area contributed by atoms with Gasteiger partial charge in [0.15, 0.2) is 0 Å². The lowest BCUT2D eigenvalue weighted by Gasteiger charge is -2.10. The van der Waals surface area contributed by atoms with E-state index in [1.807, 2.05) is 36.4 Å². The number of imidazole rings is 1. The Kier molecular flexibility index (Phi) is 4.64. The van der Waals surface area contributed by atoms with Crippen molar-refractivity contribution in [3.63, 3.8) is 0 Å². The number of nitrogens with one attached hydrogen (secondary N) is 3. The Morgan fingerprint density at radius 2 is 1.57 bits per heavy atom. The number of nitrogens with zero attached hydrogens (tertiary/aromatic N) is 1. The van der Waals surface area contributed by atoms with E-state index in [2.05, 4.69) is 20.2 Å². The van der Waals surface area contributed by atoms with Gasteiger partial charge in [-0.05, 0) is 35.4 Å². The van der Waals surface area contributed by atoms with Crippen molar-refractivity contribution >= 4 is 27.0 Å². The molecule has 1 amide bonds. The summed E-state index contributed by atoms with van der Waals surface area (Å²) in [6.07, 6.45) is 1.49. The number of aromatic amines is 1. The van der Waals surface area contributed by atoms with E-state index < -0.39 is 15.9 Å². The van der Waals surface area contributed by atoms with Gasteiger partial charge in [0.2, 0.25) is 0 Å². The zero-order valence-corrected chi connectivity index (χ0v) is 15.4. The van der Waals surface area contributed by atoms with Gasteiger partial charge in [0.1, 0.15) is 5.52 Å². The number of benzene rings is 3. The molecule has 0 fully saturated rings. The number of sulfonamides is 1. The molecule has 140 valence electrons. The average molecular weight is 392 g/mol. The maximum Gasteiger partial charge on any atom is 0.268 e. The highest BCUT2D eigenvalue weighted by atomic mass is 32.2. The molecule has 7 nitrogen and oxygen atoms in total. The van der Waals surface area contributed by atoms with Crippen LogP contribution in [0.1, 0.15) is 10.4 Å². The fraction of sp³-hybridized carbons (Fsp3) is 0. The maximum absolute atomic E-state index is 12.7. The van der Waals surface area contributed by atoms with Crippen LogP contribution in [0.25, 0.3) is 22.2 Å². The molecule has 28 heavy (non-hydrogen) atoms. The smallest absolute Gasteiger partial charge is 0.268 e. The quantitative estimate of drug-likeness (QED) is 0.454. The van der Waals surface area contributed by atoms with E-state index in [-0.39, 0.29) is 10.5 Å². The van der Waals surface area contributed by atoms with Gasteiger partial charge in [-0.1, -0.05) is 48.5 Å². The van der Waals surface area contributed by atoms with Gasteiger partial charge in [-0.25, -0.2) is 13.4 Å². The monoisotopic (exact) mass is 392 g/mol. The third kappa shape index (κ3) is 3.51. The Morgan fingerprint density at radius 1 is 0.893 bits per heavy atom. The summed E-state index contributed by atoms with van der Waals surface area (Å²) in [5.41, 5.74) is 5.40. The first-order valence-electron chi connectivity index (χ1n) is 8.44. The second-order valence-electron chi connectivity index (χ2n) is 6.06. The number of fused-ring (bicyclic) bond motifs is 1. The first-order chi connectivity index (χ1) is 13.5. The Labute approximate surface area is 161 Å². The summed E-state index contributed by atoms with van der Waals surface area (Å²) in [5.74, 6) is -0.602. The van der Waals surface area contributed by atoms with E-state index in [1.54, 1.807) is 24.3 Å². The minimum absolute atomic E-state index is 0.0539. The zero-order chi connectivity index (χ0) is 19.6. The minimum Gasteiger partial charge on any atom is -0.345 e. The molecule has 0 aliphatic rings. The van der Waals surface area contributed by atoms with Crippen molar-refractivity contribution in [3.05, 3.63) is 84.7 Å². The second-order valence-corrected chi connectivity index (χ2v) is 7.74. The molecule has 0 unspecified atom stereocenters. The van der Waals surface area contributed by atoms with Crippen molar-refractivity contribution in [2.24, 2.45) is 0 Å². The van der Waals surface area contributed by atoms with Crippen molar-refractivity contribution in [3.8, 4) is 11.1 Å². The van der Waals surface area contributed by atoms with E-state index in [9.17, 15) is 13.2 Å². The largest absolute Gasteiger partial charge is 0.345 e. The third-order valence-electron chi connectivity index (χ3n) is 4.23. The van der Waals surface area contributed by atoms with Crippen LogP contribution >= 0.6 is 0 Å². The van der Waals surface area contributed by atoms with Gasteiger partial charge in [-0.3, -0.25) is 10.2 Å². The van der Waals surface area contributed by atoms with Gasteiger partial charge in [-0.2, -0.15) is 0 Å². The molecule has 8 heteroatoms. The molecule has 0 aliphatic heterocycles.